The lowest BCUT2D eigenvalue weighted by Crippen LogP contribution is -2.47. The molecule has 1 heterocycles. The van der Waals surface area contributed by atoms with Crippen molar-refractivity contribution in [1.29, 1.82) is 0 Å². The summed E-state index contributed by atoms with van der Waals surface area (Å²) in [5.41, 5.74) is 0.812. The summed E-state index contributed by atoms with van der Waals surface area (Å²) >= 11 is 0. The molecule has 1 fully saturated rings. The number of nitrogens with zero attached hydrogens (tertiary/aromatic N) is 2. The lowest BCUT2D eigenvalue weighted by atomic mass is 10.2. The maximum atomic E-state index is 10.7. The van der Waals surface area contributed by atoms with Crippen molar-refractivity contribution in [3.05, 3.63) is 34.4 Å². The Kier molecular flexibility index (Phi) is 3.55. The van der Waals surface area contributed by atoms with Crippen LogP contribution < -0.4 is 4.90 Å². The Hall–Kier alpha value is -1.66. The molecule has 1 aliphatic heterocycles. The van der Waals surface area contributed by atoms with Gasteiger partial charge in [-0.15, -0.1) is 0 Å². The number of aliphatic hydroxyl groups is 1. The van der Waals surface area contributed by atoms with E-state index in [2.05, 4.69) is 0 Å². The summed E-state index contributed by atoms with van der Waals surface area (Å²) in [6, 6.07) is 6.30. The molecule has 1 aliphatic rings. The van der Waals surface area contributed by atoms with Crippen molar-refractivity contribution in [2.24, 2.45) is 0 Å². The fraction of sp³-hybridized carbons (Fsp3) is 0.455. The van der Waals surface area contributed by atoms with Crippen LogP contribution in [0.25, 0.3) is 0 Å². The molecule has 1 aromatic carbocycles. The molecule has 0 aliphatic carbocycles. The fourth-order valence-corrected chi connectivity index (χ4v) is 1.93. The van der Waals surface area contributed by atoms with Crippen LogP contribution in [0.3, 0.4) is 0 Å². The minimum absolute atomic E-state index is 0.0251. The normalized spacial score (nSPS) is 20.3. The molecule has 6 nitrogen and oxygen atoms in total. The highest BCUT2D eigenvalue weighted by Gasteiger charge is 2.23. The van der Waals surface area contributed by atoms with Gasteiger partial charge in [0.25, 0.3) is 5.69 Å². The molecule has 92 valence electrons. The first-order valence-corrected chi connectivity index (χ1v) is 5.42. The molecule has 1 atom stereocenters. The van der Waals surface area contributed by atoms with E-state index in [4.69, 9.17) is 4.74 Å². The van der Waals surface area contributed by atoms with Crippen LogP contribution in [0, 0.1) is 10.1 Å². The highest BCUT2D eigenvalue weighted by atomic mass is 16.6. The first kappa shape index (κ1) is 11.8. The molecule has 1 aromatic rings. The summed E-state index contributed by atoms with van der Waals surface area (Å²) < 4.78 is 5.27. The monoisotopic (exact) mass is 238 g/mol. The van der Waals surface area contributed by atoms with E-state index in [1.54, 1.807) is 12.1 Å². The Labute approximate surface area is 98.6 Å². The van der Waals surface area contributed by atoms with Gasteiger partial charge >= 0.3 is 0 Å². The maximum Gasteiger partial charge on any atom is 0.271 e. The van der Waals surface area contributed by atoms with E-state index < -0.39 is 4.92 Å². The predicted molar refractivity (Wildman–Crippen MR) is 62.1 cm³/mol. The van der Waals surface area contributed by atoms with Gasteiger partial charge in [0.05, 0.1) is 30.8 Å². The van der Waals surface area contributed by atoms with Gasteiger partial charge < -0.3 is 14.7 Å². The SMILES string of the molecule is O=[N+]([O-])c1cccc(N2CCOCC2CO)c1. The second-order valence-electron chi connectivity index (χ2n) is 3.88. The Morgan fingerprint density at radius 1 is 1.59 bits per heavy atom. The molecule has 2 rings (SSSR count). The molecule has 0 radical (unpaired) electrons. The smallest absolute Gasteiger partial charge is 0.271 e. The first-order valence-electron chi connectivity index (χ1n) is 5.42. The molecule has 0 spiro atoms. The number of nitro groups is 1. The van der Waals surface area contributed by atoms with Crippen molar-refractivity contribution in [2.75, 3.05) is 31.3 Å². The van der Waals surface area contributed by atoms with Gasteiger partial charge in [0, 0.05) is 24.4 Å². The molecule has 0 aromatic heterocycles. The van der Waals surface area contributed by atoms with Gasteiger partial charge in [0.1, 0.15) is 0 Å². The topological polar surface area (TPSA) is 75.8 Å². The Morgan fingerprint density at radius 3 is 3.12 bits per heavy atom. The van der Waals surface area contributed by atoms with Gasteiger partial charge in [-0.1, -0.05) is 6.07 Å². The summed E-state index contributed by atoms with van der Waals surface area (Å²) in [7, 11) is 0. The van der Waals surface area contributed by atoms with Crippen LogP contribution in [-0.4, -0.2) is 42.4 Å². The molecule has 17 heavy (non-hydrogen) atoms. The van der Waals surface area contributed by atoms with Gasteiger partial charge in [-0.2, -0.15) is 0 Å². The molecule has 6 heteroatoms. The molecular weight excluding hydrogens is 224 g/mol. The quantitative estimate of drug-likeness (QED) is 0.622. The maximum absolute atomic E-state index is 10.7. The molecule has 1 N–H and O–H groups in total. The van der Waals surface area contributed by atoms with Gasteiger partial charge in [-0.3, -0.25) is 10.1 Å². The van der Waals surface area contributed by atoms with Gasteiger partial charge in [-0.25, -0.2) is 0 Å². The summed E-state index contributed by atoms with van der Waals surface area (Å²) in [5.74, 6) is 0. The van der Waals surface area contributed by atoms with Crippen LogP contribution in [-0.2, 0) is 4.74 Å². The number of hydrogen-bond acceptors (Lipinski definition) is 5. The largest absolute Gasteiger partial charge is 0.394 e. The number of hydrogen-bond donors (Lipinski definition) is 1. The summed E-state index contributed by atoms with van der Waals surface area (Å²) in [6.07, 6.45) is 0. The Balaban J connectivity index is 2.25. The number of ether oxygens (including phenoxy) is 1. The number of non-ortho nitro benzene ring substituents is 1. The number of rotatable bonds is 3. The zero-order valence-corrected chi connectivity index (χ0v) is 9.28. The average molecular weight is 238 g/mol. The number of anilines is 1. The molecule has 0 bridgehead atoms. The summed E-state index contributed by atoms with van der Waals surface area (Å²) in [5, 5.41) is 19.9. The third-order valence-electron chi connectivity index (χ3n) is 2.81. The van der Waals surface area contributed by atoms with E-state index in [1.165, 1.54) is 12.1 Å². The van der Waals surface area contributed by atoms with E-state index in [-0.39, 0.29) is 18.3 Å². The number of nitro benzene ring substituents is 1. The van der Waals surface area contributed by atoms with E-state index in [0.717, 1.165) is 5.69 Å². The van der Waals surface area contributed by atoms with E-state index in [0.29, 0.717) is 19.8 Å². The van der Waals surface area contributed by atoms with Crippen molar-refractivity contribution < 1.29 is 14.8 Å². The zero-order valence-electron chi connectivity index (χ0n) is 9.28. The fourth-order valence-electron chi connectivity index (χ4n) is 1.93. The summed E-state index contributed by atoms with van der Waals surface area (Å²) in [6.45, 7) is 1.62. The number of benzene rings is 1. The second-order valence-corrected chi connectivity index (χ2v) is 3.88. The molecular formula is C11H14N2O4. The van der Waals surface area contributed by atoms with E-state index >= 15 is 0 Å². The Morgan fingerprint density at radius 2 is 2.41 bits per heavy atom. The van der Waals surface area contributed by atoms with E-state index in [9.17, 15) is 15.2 Å². The van der Waals surface area contributed by atoms with Gasteiger partial charge in [0.15, 0.2) is 0 Å². The number of morpholine rings is 1. The zero-order chi connectivity index (χ0) is 12.3. The molecule has 1 unspecified atom stereocenters. The van der Waals surface area contributed by atoms with Crippen molar-refractivity contribution in [3.63, 3.8) is 0 Å². The minimum Gasteiger partial charge on any atom is -0.394 e. The van der Waals surface area contributed by atoms with Crippen molar-refractivity contribution in [2.45, 2.75) is 6.04 Å². The minimum atomic E-state index is -0.419. The van der Waals surface area contributed by atoms with Crippen molar-refractivity contribution in [1.82, 2.24) is 0 Å². The summed E-state index contributed by atoms with van der Waals surface area (Å²) in [4.78, 5) is 12.2. The van der Waals surface area contributed by atoms with Gasteiger partial charge in [0.2, 0.25) is 0 Å². The van der Waals surface area contributed by atoms with Gasteiger partial charge in [-0.05, 0) is 6.07 Å². The third-order valence-corrected chi connectivity index (χ3v) is 2.81. The second kappa shape index (κ2) is 5.11. The van der Waals surface area contributed by atoms with Crippen LogP contribution >= 0.6 is 0 Å². The van der Waals surface area contributed by atoms with E-state index in [1.807, 2.05) is 4.90 Å². The molecule has 0 amide bonds. The van der Waals surface area contributed by atoms with Crippen LogP contribution in [0.4, 0.5) is 11.4 Å². The standard InChI is InChI=1S/C11H14N2O4/c14-7-11-8-17-5-4-12(11)9-2-1-3-10(6-9)13(15)16/h1-3,6,11,14H,4-5,7-8H2. The van der Waals surface area contributed by atoms with Crippen molar-refractivity contribution in [3.8, 4) is 0 Å². The highest BCUT2D eigenvalue weighted by Crippen LogP contribution is 2.24. The Bertz CT molecular complexity index is 410. The predicted octanol–water partition coefficient (Wildman–Crippen LogP) is 0.792. The van der Waals surface area contributed by atoms with Crippen LogP contribution in [0.15, 0.2) is 24.3 Å². The molecule has 0 saturated carbocycles. The van der Waals surface area contributed by atoms with Crippen LogP contribution in [0.1, 0.15) is 0 Å². The lowest BCUT2D eigenvalue weighted by Gasteiger charge is -2.36. The van der Waals surface area contributed by atoms with Crippen LogP contribution in [0.5, 0.6) is 0 Å². The molecule has 1 saturated heterocycles. The lowest BCUT2D eigenvalue weighted by molar-refractivity contribution is -0.384. The third kappa shape index (κ3) is 2.54. The first-order chi connectivity index (χ1) is 8.22. The van der Waals surface area contributed by atoms with Crippen LogP contribution in [0.2, 0.25) is 0 Å². The van der Waals surface area contributed by atoms with Crippen molar-refractivity contribution >= 4 is 11.4 Å². The highest BCUT2D eigenvalue weighted by molar-refractivity contribution is 5.54. The average Bonchev–Trinajstić information content (AvgIpc) is 2.39. The number of aliphatic hydroxyl groups excluding tert-OH is 1.